The number of fused-ring (bicyclic) bond motifs is 1. The monoisotopic (exact) mass is 409 g/mol. The molecule has 3 rings (SSSR count). The van der Waals surface area contributed by atoms with E-state index in [0.717, 1.165) is 16.6 Å². The zero-order valence-electron chi connectivity index (χ0n) is 18.2. The first-order chi connectivity index (χ1) is 13.5. The fourth-order valence-electron chi connectivity index (χ4n) is 3.12. The van der Waals surface area contributed by atoms with Crippen LogP contribution >= 0.6 is 0 Å². The van der Waals surface area contributed by atoms with E-state index in [4.69, 9.17) is 10.2 Å². The first kappa shape index (κ1) is 21.3. The van der Waals surface area contributed by atoms with Gasteiger partial charge in [0.05, 0.1) is 29.9 Å². The molecule has 0 aliphatic rings. The number of nitrogen functional groups attached to an aromatic ring is 1. The van der Waals surface area contributed by atoms with Gasteiger partial charge in [-0.25, -0.2) is 4.98 Å². The van der Waals surface area contributed by atoms with E-state index in [1.54, 1.807) is 4.57 Å². The van der Waals surface area contributed by atoms with Crippen molar-refractivity contribution in [1.29, 1.82) is 0 Å². The van der Waals surface area contributed by atoms with Crippen LogP contribution in [0.2, 0.25) is 18.1 Å². The Morgan fingerprint density at radius 2 is 1.83 bits per heavy atom. The molecule has 2 aromatic carbocycles. The van der Waals surface area contributed by atoms with E-state index in [9.17, 15) is 4.79 Å². The molecule has 0 fully saturated rings. The van der Waals surface area contributed by atoms with E-state index < -0.39 is 8.32 Å². The van der Waals surface area contributed by atoms with Crippen molar-refractivity contribution in [2.45, 2.75) is 58.5 Å². The minimum Gasteiger partial charge on any atom is -0.412 e. The smallest absolute Gasteiger partial charge is 0.270 e. The number of hydrogen-bond acceptors (Lipinski definition) is 4. The Morgan fingerprint density at radius 3 is 2.45 bits per heavy atom. The van der Waals surface area contributed by atoms with Crippen molar-refractivity contribution >= 4 is 25.0 Å². The molecule has 0 unspecified atom stereocenters. The largest absolute Gasteiger partial charge is 0.412 e. The maximum absolute atomic E-state index is 12.7. The van der Waals surface area contributed by atoms with Gasteiger partial charge >= 0.3 is 0 Å². The predicted octanol–water partition coefficient (Wildman–Crippen LogP) is 5.11. The molecule has 0 spiro atoms. The lowest BCUT2D eigenvalue weighted by Gasteiger charge is -2.36. The second-order valence-corrected chi connectivity index (χ2v) is 14.0. The summed E-state index contributed by atoms with van der Waals surface area (Å²) < 4.78 is 8.16. The predicted molar refractivity (Wildman–Crippen MR) is 123 cm³/mol. The maximum Gasteiger partial charge on any atom is 0.270 e. The van der Waals surface area contributed by atoms with Crippen LogP contribution in [0, 0.1) is 0 Å². The molecule has 0 saturated heterocycles. The average molecular weight is 410 g/mol. The van der Waals surface area contributed by atoms with Crippen molar-refractivity contribution in [3.8, 4) is 0 Å². The number of anilines is 1. The summed E-state index contributed by atoms with van der Waals surface area (Å²) in [5, 5.41) is 0.115. The lowest BCUT2D eigenvalue weighted by Crippen LogP contribution is -2.40. The number of hydrogen-bond donors (Lipinski definition) is 1. The van der Waals surface area contributed by atoms with Crippen LogP contribution in [0.1, 0.15) is 44.9 Å². The van der Waals surface area contributed by atoms with Crippen molar-refractivity contribution in [1.82, 2.24) is 9.55 Å². The van der Waals surface area contributed by atoms with Crippen molar-refractivity contribution in [2.24, 2.45) is 0 Å². The van der Waals surface area contributed by atoms with E-state index in [-0.39, 0.29) is 16.6 Å². The molecule has 0 radical (unpaired) electrons. The molecular formula is C23H31N3O2Si. The third kappa shape index (κ3) is 4.28. The van der Waals surface area contributed by atoms with Gasteiger partial charge < -0.3 is 10.2 Å². The van der Waals surface area contributed by atoms with Crippen LogP contribution in [0.5, 0.6) is 0 Å². The highest BCUT2D eigenvalue weighted by Crippen LogP contribution is 2.37. The van der Waals surface area contributed by atoms with Crippen LogP contribution in [0.3, 0.4) is 0 Å². The Balaban J connectivity index is 2.07. The molecule has 1 atom stereocenters. The number of nitrogens with zero attached hydrogens (tertiary/aromatic N) is 2. The van der Waals surface area contributed by atoms with Gasteiger partial charge in [-0.2, -0.15) is 0 Å². The van der Waals surface area contributed by atoms with Crippen molar-refractivity contribution in [3.63, 3.8) is 0 Å². The van der Waals surface area contributed by atoms with Crippen LogP contribution in [0.25, 0.3) is 11.0 Å². The standard InChI is InChI=1S/C23H31N3O2Si/c1-16(17-10-8-7-9-11-17)26-21-12-18(15-28-29(5,6)23(2,3)4)19(24)13-20(21)25-14-22(26)27/h7-14,16H,15,24H2,1-6H3/t16-/m0/s1. The van der Waals surface area contributed by atoms with Gasteiger partial charge in [0.15, 0.2) is 8.32 Å². The molecule has 6 heteroatoms. The molecule has 3 aromatic rings. The summed E-state index contributed by atoms with van der Waals surface area (Å²) in [7, 11) is -1.92. The fourth-order valence-corrected chi connectivity index (χ4v) is 4.07. The van der Waals surface area contributed by atoms with Crippen LogP contribution < -0.4 is 11.3 Å². The zero-order chi connectivity index (χ0) is 21.4. The number of rotatable bonds is 5. The maximum atomic E-state index is 12.7. The Morgan fingerprint density at radius 1 is 1.17 bits per heavy atom. The molecule has 29 heavy (non-hydrogen) atoms. The minimum absolute atomic E-state index is 0.115. The van der Waals surface area contributed by atoms with Crippen molar-refractivity contribution in [3.05, 3.63) is 70.1 Å². The number of aromatic nitrogens is 2. The molecule has 0 saturated carbocycles. The van der Waals surface area contributed by atoms with Crippen LogP contribution in [0.15, 0.2) is 53.5 Å². The second-order valence-electron chi connectivity index (χ2n) is 9.14. The Bertz CT molecular complexity index is 1070. The molecule has 0 amide bonds. The molecule has 154 valence electrons. The molecule has 0 aliphatic heterocycles. The van der Waals surface area contributed by atoms with Crippen LogP contribution in [-0.2, 0) is 11.0 Å². The first-order valence-corrected chi connectivity index (χ1v) is 12.9. The fraction of sp³-hybridized carbons (Fsp3) is 0.391. The van der Waals surface area contributed by atoms with E-state index in [1.165, 1.54) is 6.20 Å². The van der Waals surface area contributed by atoms with Gasteiger partial charge in [0, 0.05) is 11.3 Å². The van der Waals surface area contributed by atoms with Gasteiger partial charge in [-0.3, -0.25) is 9.36 Å². The molecule has 2 N–H and O–H groups in total. The third-order valence-electron chi connectivity index (χ3n) is 6.11. The first-order valence-electron chi connectivity index (χ1n) is 10.00. The van der Waals surface area contributed by atoms with Gasteiger partial charge in [0.25, 0.3) is 5.56 Å². The summed E-state index contributed by atoms with van der Waals surface area (Å²) in [6.07, 6.45) is 1.37. The lowest BCUT2D eigenvalue weighted by atomic mass is 10.1. The molecule has 1 aromatic heterocycles. The Labute approximate surface area is 173 Å². The van der Waals surface area contributed by atoms with E-state index in [0.29, 0.717) is 17.8 Å². The Kier molecular flexibility index (Phi) is 5.69. The average Bonchev–Trinajstić information content (AvgIpc) is 2.66. The van der Waals surface area contributed by atoms with E-state index >= 15 is 0 Å². The van der Waals surface area contributed by atoms with Gasteiger partial charge in [0.2, 0.25) is 0 Å². The van der Waals surface area contributed by atoms with Gasteiger partial charge in [-0.05, 0) is 42.8 Å². The van der Waals surface area contributed by atoms with E-state index in [2.05, 4.69) is 38.8 Å². The molecular weight excluding hydrogens is 378 g/mol. The Hall–Kier alpha value is -2.44. The summed E-state index contributed by atoms with van der Waals surface area (Å²) in [4.78, 5) is 17.1. The second kappa shape index (κ2) is 7.76. The topological polar surface area (TPSA) is 70.1 Å². The number of nitrogens with two attached hydrogens (primary N) is 1. The summed E-state index contributed by atoms with van der Waals surface area (Å²) in [6.45, 7) is 13.5. The number of benzene rings is 2. The lowest BCUT2D eigenvalue weighted by molar-refractivity contribution is 0.277. The summed E-state index contributed by atoms with van der Waals surface area (Å²) in [5.41, 5.74) is 10.3. The van der Waals surface area contributed by atoms with Gasteiger partial charge in [0.1, 0.15) is 0 Å². The molecule has 0 bridgehead atoms. The van der Waals surface area contributed by atoms with Crippen LogP contribution in [-0.4, -0.2) is 17.9 Å². The summed E-state index contributed by atoms with van der Waals surface area (Å²) >= 11 is 0. The minimum atomic E-state index is -1.92. The SMILES string of the molecule is C[C@@H](c1ccccc1)n1c(=O)cnc2cc(N)c(CO[Si](C)(C)C(C)(C)C)cc21. The van der Waals surface area contributed by atoms with Gasteiger partial charge in [-0.1, -0.05) is 51.1 Å². The highest BCUT2D eigenvalue weighted by molar-refractivity contribution is 6.74. The quantitative estimate of drug-likeness (QED) is 0.469. The van der Waals surface area contributed by atoms with Gasteiger partial charge in [-0.15, -0.1) is 0 Å². The summed E-state index contributed by atoms with van der Waals surface area (Å²) in [6, 6.07) is 13.7. The summed E-state index contributed by atoms with van der Waals surface area (Å²) in [5.74, 6) is 0. The van der Waals surface area contributed by atoms with E-state index in [1.807, 2.05) is 49.4 Å². The van der Waals surface area contributed by atoms with Crippen molar-refractivity contribution in [2.75, 3.05) is 5.73 Å². The highest BCUT2D eigenvalue weighted by Gasteiger charge is 2.37. The molecule has 5 nitrogen and oxygen atoms in total. The third-order valence-corrected chi connectivity index (χ3v) is 10.6. The normalized spacial score (nSPS) is 13.6. The van der Waals surface area contributed by atoms with Crippen LogP contribution in [0.4, 0.5) is 5.69 Å². The highest BCUT2D eigenvalue weighted by atomic mass is 28.4. The molecule has 1 heterocycles. The zero-order valence-corrected chi connectivity index (χ0v) is 19.2. The molecule has 0 aliphatic carbocycles. The van der Waals surface area contributed by atoms with Crippen molar-refractivity contribution < 1.29 is 4.43 Å².